The van der Waals surface area contributed by atoms with E-state index in [2.05, 4.69) is 0 Å². The number of rotatable bonds is 4. The average Bonchev–Trinajstić information content (AvgIpc) is 3.04. The Morgan fingerprint density at radius 3 is 2.00 bits per heavy atom. The summed E-state index contributed by atoms with van der Waals surface area (Å²) in [5.41, 5.74) is -1.49. The van der Waals surface area contributed by atoms with E-state index in [1.165, 1.54) is 12.2 Å². The van der Waals surface area contributed by atoms with Gasteiger partial charge in [-0.3, -0.25) is 29.0 Å². The normalized spacial score (nSPS) is 30.6. The number of hydrogen-bond donors (Lipinski definition) is 1. The lowest BCUT2D eigenvalue weighted by Crippen LogP contribution is -2.59. The average molecular weight is 334 g/mol. The van der Waals surface area contributed by atoms with Crippen molar-refractivity contribution < 1.29 is 29.1 Å². The molecule has 1 N–H and O–H groups in total. The second-order valence-electron chi connectivity index (χ2n) is 6.52. The van der Waals surface area contributed by atoms with Crippen molar-refractivity contribution in [3.63, 3.8) is 0 Å². The summed E-state index contributed by atoms with van der Waals surface area (Å²) in [6.45, 7) is 0.238. The van der Waals surface area contributed by atoms with Gasteiger partial charge in [0.25, 0.3) is 11.8 Å². The van der Waals surface area contributed by atoms with Gasteiger partial charge >= 0.3 is 5.97 Å². The maximum Gasteiger partial charge on any atom is 0.330 e. The highest BCUT2D eigenvalue weighted by Gasteiger charge is 2.53. The van der Waals surface area contributed by atoms with Crippen LogP contribution in [0, 0.1) is 5.92 Å². The summed E-state index contributed by atoms with van der Waals surface area (Å²) in [5.74, 6) is -2.79. The molecule has 4 amide bonds. The van der Waals surface area contributed by atoms with Crippen molar-refractivity contribution in [2.75, 3.05) is 6.54 Å². The van der Waals surface area contributed by atoms with Crippen LogP contribution in [0.5, 0.6) is 0 Å². The molecule has 1 aliphatic carbocycles. The smallest absolute Gasteiger partial charge is 0.330 e. The van der Waals surface area contributed by atoms with Gasteiger partial charge in [0.1, 0.15) is 5.54 Å². The fourth-order valence-electron chi connectivity index (χ4n) is 3.79. The van der Waals surface area contributed by atoms with E-state index in [-0.39, 0.29) is 50.0 Å². The maximum atomic E-state index is 12.0. The van der Waals surface area contributed by atoms with Gasteiger partial charge < -0.3 is 5.11 Å². The van der Waals surface area contributed by atoms with Crippen molar-refractivity contribution in [1.29, 1.82) is 0 Å². The zero-order valence-electron chi connectivity index (χ0n) is 13.1. The van der Waals surface area contributed by atoms with Crippen LogP contribution in [0.3, 0.4) is 0 Å². The molecule has 0 aromatic heterocycles. The van der Waals surface area contributed by atoms with Crippen LogP contribution in [0.2, 0.25) is 0 Å². The minimum absolute atomic E-state index is 0.0296. The van der Waals surface area contributed by atoms with Crippen LogP contribution in [0.1, 0.15) is 38.5 Å². The Balaban J connectivity index is 1.70. The van der Waals surface area contributed by atoms with Crippen LogP contribution >= 0.6 is 0 Å². The predicted molar refractivity (Wildman–Crippen MR) is 79.3 cm³/mol. The standard InChI is InChI=1S/C16H18N2O6/c19-11-1-2-12(20)17(11)9-10-5-7-16(8-6-10,15(23)24)18-13(21)3-4-14(18)22/h1-2,10H,3-9H2,(H,23,24)/t10-,16-. The first kappa shape index (κ1) is 16.4. The summed E-state index contributed by atoms with van der Waals surface area (Å²) in [6, 6.07) is 0. The molecular formula is C16H18N2O6. The zero-order chi connectivity index (χ0) is 17.5. The predicted octanol–water partition coefficient (Wildman–Crippen LogP) is 0.0740. The van der Waals surface area contributed by atoms with Crippen LogP contribution in [0.25, 0.3) is 0 Å². The molecule has 3 rings (SSSR count). The van der Waals surface area contributed by atoms with Gasteiger partial charge in [-0.1, -0.05) is 0 Å². The summed E-state index contributed by atoms with van der Waals surface area (Å²) >= 11 is 0. The van der Waals surface area contributed by atoms with E-state index in [9.17, 15) is 29.1 Å². The second-order valence-corrected chi connectivity index (χ2v) is 6.52. The Morgan fingerprint density at radius 2 is 1.54 bits per heavy atom. The third-order valence-electron chi connectivity index (χ3n) is 5.15. The van der Waals surface area contributed by atoms with Crippen LogP contribution in [-0.2, 0) is 24.0 Å². The Morgan fingerprint density at radius 1 is 1.04 bits per heavy atom. The SMILES string of the molecule is O=C1C=CC(=O)N1C[C@H]1CC[C@](C(=O)O)(N2C(=O)CCC2=O)CC1. The third kappa shape index (κ3) is 2.51. The minimum atomic E-state index is -1.49. The Kier molecular flexibility index (Phi) is 3.98. The molecule has 0 radical (unpaired) electrons. The molecule has 0 unspecified atom stereocenters. The quantitative estimate of drug-likeness (QED) is 0.728. The molecule has 8 heteroatoms. The highest BCUT2D eigenvalue weighted by molar-refractivity contribution is 6.12. The molecule has 0 aromatic carbocycles. The molecular weight excluding hydrogens is 316 g/mol. The number of imide groups is 2. The van der Waals surface area contributed by atoms with E-state index >= 15 is 0 Å². The summed E-state index contributed by atoms with van der Waals surface area (Å²) in [5, 5.41) is 9.66. The lowest BCUT2D eigenvalue weighted by Gasteiger charge is -2.42. The van der Waals surface area contributed by atoms with Crippen molar-refractivity contribution in [1.82, 2.24) is 9.80 Å². The number of hydrogen-bond acceptors (Lipinski definition) is 5. The fraction of sp³-hybridized carbons (Fsp3) is 0.562. The molecule has 1 saturated heterocycles. The van der Waals surface area contributed by atoms with E-state index in [0.29, 0.717) is 12.8 Å². The van der Waals surface area contributed by atoms with Gasteiger partial charge in [-0.2, -0.15) is 0 Å². The van der Waals surface area contributed by atoms with Crippen LogP contribution in [-0.4, -0.2) is 56.6 Å². The molecule has 3 aliphatic rings. The fourth-order valence-corrected chi connectivity index (χ4v) is 3.79. The van der Waals surface area contributed by atoms with Crippen molar-refractivity contribution >= 4 is 29.6 Å². The zero-order valence-corrected chi connectivity index (χ0v) is 13.1. The molecule has 2 fully saturated rings. The van der Waals surface area contributed by atoms with Crippen molar-refractivity contribution in [2.45, 2.75) is 44.1 Å². The van der Waals surface area contributed by atoms with Crippen LogP contribution in [0.4, 0.5) is 0 Å². The maximum absolute atomic E-state index is 12.0. The number of carbonyl (C=O) groups is 5. The highest BCUT2D eigenvalue weighted by atomic mass is 16.4. The highest BCUT2D eigenvalue weighted by Crippen LogP contribution is 2.40. The lowest BCUT2D eigenvalue weighted by atomic mass is 9.75. The van der Waals surface area contributed by atoms with Crippen LogP contribution in [0.15, 0.2) is 12.2 Å². The van der Waals surface area contributed by atoms with Gasteiger partial charge in [-0.05, 0) is 31.6 Å². The molecule has 0 aromatic rings. The lowest BCUT2D eigenvalue weighted by molar-refractivity contribution is -0.166. The van der Waals surface area contributed by atoms with Gasteiger partial charge in [-0.15, -0.1) is 0 Å². The molecule has 0 spiro atoms. The molecule has 128 valence electrons. The number of carboxylic acid groups (broad SMARTS) is 1. The molecule has 0 bridgehead atoms. The minimum Gasteiger partial charge on any atom is -0.479 e. The monoisotopic (exact) mass is 334 g/mol. The first-order valence-corrected chi connectivity index (χ1v) is 7.98. The van der Waals surface area contributed by atoms with E-state index in [1.54, 1.807) is 0 Å². The first-order chi connectivity index (χ1) is 11.3. The first-order valence-electron chi connectivity index (χ1n) is 7.98. The number of amides is 4. The van der Waals surface area contributed by atoms with E-state index in [0.717, 1.165) is 9.80 Å². The number of nitrogens with zero attached hydrogens (tertiary/aromatic N) is 2. The summed E-state index contributed by atoms with van der Waals surface area (Å²) < 4.78 is 0. The number of aliphatic carboxylic acids is 1. The topological polar surface area (TPSA) is 112 Å². The van der Waals surface area contributed by atoms with Crippen molar-refractivity contribution in [3.8, 4) is 0 Å². The van der Waals surface area contributed by atoms with E-state index in [1.807, 2.05) is 0 Å². The Bertz CT molecular complexity index is 625. The van der Waals surface area contributed by atoms with Gasteiger partial charge in [0.2, 0.25) is 11.8 Å². The third-order valence-corrected chi connectivity index (χ3v) is 5.15. The largest absolute Gasteiger partial charge is 0.479 e. The van der Waals surface area contributed by atoms with Gasteiger partial charge in [0.05, 0.1) is 0 Å². The Labute approximate surface area is 138 Å². The van der Waals surface area contributed by atoms with Gasteiger partial charge in [0.15, 0.2) is 0 Å². The molecule has 24 heavy (non-hydrogen) atoms. The molecule has 2 aliphatic heterocycles. The molecule has 8 nitrogen and oxygen atoms in total. The van der Waals surface area contributed by atoms with Gasteiger partial charge in [-0.25, -0.2) is 4.79 Å². The molecule has 2 heterocycles. The van der Waals surface area contributed by atoms with Crippen molar-refractivity contribution in [3.05, 3.63) is 12.2 Å². The number of likely N-dealkylation sites (tertiary alicyclic amines) is 1. The summed E-state index contributed by atoms with van der Waals surface area (Å²) in [7, 11) is 0. The second kappa shape index (κ2) is 5.85. The van der Waals surface area contributed by atoms with Crippen LogP contribution < -0.4 is 0 Å². The number of carbonyl (C=O) groups excluding carboxylic acids is 4. The van der Waals surface area contributed by atoms with Crippen molar-refractivity contribution in [2.24, 2.45) is 5.92 Å². The summed E-state index contributed by atoms with van der Waals surface area (Å²) in [6.07, 6.45) is 3.70. The number of carboxylic acids is 1. The Hall–Kier alpha value is -2.51. The van der Waals surface area contributed by atoms with E-state index in [4.69, 9.17) is 0 Å². The summed E-state index contributed by atoms with van der Waals surface area (Å²) in [4.78, 5) is 61.1. The van der Waals surface area contributed by atoms with Gasteiger partial charge in [0, 0.05) is 31.5 Å². The molecule has 0 atom stereocenters. The molecule has 1 saturated carbocycles. The van der Waals surface area contributed by atoms with E-state index < -0.39 is 23.3 Å².